The number of aryl methyl sites for hydroxylation is 3. The SMILES string of the molecule is C/C=C/C(=O)[O][Sb]([O]C(=O)/C=C/C)([c]1ccc(C)cc1)([c]1ccc(C)cc1)[c]1ccc(C)cc1. The zero-order chi connectivity index (χ0) is 24.8. The van der Waals surface area contributed by atoms with E-state index in [-0.39, 0.29) is 0 Å². The van der Waals surface area contributed by atoms with Gasteiger partial charge in [-0.1, -0.05) is 0 Å². The van der Waals surface area contributed by atoms with Gasteiger partial charge in [-0.25, -0.2) is 0 Å². The Morgan fingerprint density at radius 2 is 0.824 bits per heavy atom. The molecule has 4 nitrogen and oxygen atoms in total. The van der Waals surface area contributed by atoms with Gasteiger partial charge >= 0.3 is 205 Å². The average molecular weight is 565 g/mol. The van der Waals surface area contributed by atoms with Crippen LogP contribution in [0.2, 0.25) is 0 Å². The Labute approximate surface area is 204 Å². The molecule has 3 aromatic carbocycles. The Morgan fingerprint density at radius 3 is 1.06 bits per heavy atom. The summed E-state index contributed by atoms with van der Waals surface area (Å²) < 4.78 is 15.2. The van der Waals surface area contributed by atoms with Gasteiger partial charge in [0.1, 0.15) is 0 Å². The van der Waals surface area contributed by atoms with Crippen molar-refractivity contribution in [1.29, 1.82) is 0 Å². The predicted octanol–water partition coefficient (Wildman–Crippen LogP) is 4.27. The van der Waals surface area contributed by atoms with Crippen molar-refractivity contribution in [2.24, 2.45) is 0 Å². The van der Waals surface area contributed by atoms with Gasteiger partial charge in [0.2, 0.25) is 0 Å². The van der Waals surface area contributed by atoms with Crippen molar-refractivity contribution >= 4 is 40.7 Å². The van der Waals surface area contributed by atoms with E-state index in [1.54, 1.807) is 26.0 Å². The monoisotopic (exact) mass is 564 g/mol. The van der Waals surface area contributed by atoms with Crippen LogP contribution in [-0.4, -0.2) is 30.2 Å². The van der Waals surface area contributed by atoms with Crippen LogP contribution in [0.25, 0.3) is 0 Å². The molecule has 0 atom stereocenters. The summed E-state index contributed by atoms with van der Waals surface area (Å²) in [7, 11) is 0. The number of allylic oxidation sites excluding steroid dienone is 2. The first kappa shape index (κ1) is 25.5. The fourth-order valence-corrected chi connectivity index (χ4v) is 16.6. The molecule has 0 unspecified atom stereocenters. The van der Waals surface area contributed by atoms with E-state index in [2.05, 4.69) is 0 Å². The van der Waals surface area contributed by atoms with Gasteiger partial charge < -0.3 is 0 Å². The van der Waals surface area contributed by atoms with Crippen molar-refractivity contribution in [3.63, 3.8) is 0 Å². The molecule has 0 saturated heterocycles. The summed E-state index contributed by atoms with van der Waals surface area (Å²) in [5.41, 5.74) is 3.14. The zero-order valence-corrected chi connectivity index (χ0v) is 22.9. The molecule has 176 valence electrons. The second-order valence-electron chi connectivity index (χ2n) is 8.28. The van der Waals surface area contributed by atoms with E-state index in [0.717, 1.165) is 16.7 Å². The van der Waals surface area contributed by atoms with Crippen LogP contribution in [0.5, 0.6) is 0 Å². The minimum absolute atomic E-state index is 0.556. The summed E-state index contributed by atoms with van der Waals surface area (Å²) in [6.45, 7) is 9.46. The molecule has 0 radical (unpaired) electrons. The molecule has 0 N–H and O–H groups in total. The van der Waals surface area contributed by atoms with Crippen LogP contribution in [0, 0.1) is 20.8 Å². The molecule has 0 fully saturated rings. The van der Waals surface area contributed by atoms with Crippen LogP contribution in [0.15, 0.2) is 97.1 Å². The second kappa shape index (κ2) is 10.4. The molecule has 0 aliphatic rings. The van der Waals surface area contributed by atoms with Crippen molar-refractivity contribution in [1.82, 2.24) is 0 Å². The number of carbonyl (C=O) groups excluding carboxylic acids is 2. The van der Waals surface area contributed by atoms with E-state index >= 15 is 0 Å². The topological polar surface area (TPSA) is 52.6 Å². The van der Waals surface area contributed by atoms with Gasteiger partial charge in [0.05, 0.1) is 0 Å². The maximum atomic E-state index is 13.3. The number of hydrogen-bond acceptors (Lipinski definition) is 4. The molecule has 0 bridgehead atoms. The van der Waals surface area contributed by atoms with Crippen LogP contribution in [0.4, 0.5) is 0 Å². The molecule has 0 heterocycles. The standard InChI is InChI=1S/3C7H7.2C4H6O2.Sb/c3*1-7-5-3-2-4-6-7;2*1-2-3-4(5)6;/h3*3-6H,1H3;2*2-3H,1H3,(H,5,6);/q;;;;;+2/p-2/b;;;2*3-2+;. The molecule has 0 aliphatic heterocycles. The summed E-state index contributed by atoms with van der Waals surface area (Å²) in [6, 6.07) is 23.2. The van der Waals surface area contributed by atoms with E-state index in [1.807, 2.05) is 93.6 Å². The molecule has 0 amide bonds. The van der Waals surface area contributed by atoms with Gasteiger partial charge in [-0.3, -0.25) is 0 Å². The third-order valence-electron chi connectivity index (χ3n) is 5.64. The molecule has 0 aromatic heterocycles. The summed E-state index contributed by atoms with van der Waals surface area (Å²) in [5.74, 6) is -1.11. The average Bonchev–Trinajstić information content (AvgIpc) is 2.80. The Hall–Kier alpha value is -3.10. The maximum absolute atomic E-state index is 13.3. The molecule has 0 saturated carbocycles. The number of carbonyl (C=O) groups is 2. The van der Waals surface area contributed by atoms with Gasteiger partial charge in [-0.05, 0) is 0 Å². The Bertz CT molecular complexity index is 1080. The van der Waals surface area contributed by atoms with Crippen LogP contribution in [0.3, 0.4) is 0 Å². The molecule has 5 heteroatoms. The first-order chi connectivity index (χ1) is 16.2. The first-order valence-corrected chi connectivity index (χ1v) is 17.1. The fourth-order valence-electron chi connectivity index (χ4n) is 3.91. The summed E-state index contributed by atoms with van der Waals surface area (Å²) >= 11 is -5.74. The van der Waals surface area contributed by atoms with E-state index in [0.29, 0.717) is 10.5 Å². The van der Waals surface area contributed by atoms with Crippen molar-refractivity contribution in [3.05, 3.63) is 114 Å². The quantitative estimate of drug-likeness (QED) is 0.318. The van der Waals surface area contributed by atoms with E-state index in [4.69, 9.17) is 6.03 Å². The summed E-state index contributed by atoms with van der Waals surface area (Å²) in [6.07, 6.45) is 5.98. The van der Waals surface area contributed by atoms with Crippen LogP contribution in [0.1, 0.15) is 30.5 Å². The summed E-state index contributed by atoms with van der Waals surface area (Å²) in [4.78, 5) is 26.5. The predicted molar refractivity (Wildman–Crippen MR) is 140 cm³/mol. The van der Waals surface area contributed by atoms with Gasteiger partial charge in [0, 0.05) is 0 Å². The Morgan fingerprint density at radius 1 is 0.559 bits per heavy atom. The second-order valence-corrected chi connectivity index (χ2v) is 19.2. The van der Waals surface area contributed by atoms with Gasteiger partial charge in [-0.15, -0.1) is 0 Å². The molecular weight excluding hydrogens is 534 g/mol. The number of benzene rings is 3. The van der Waals surface area contributed by atoms with Crippen molar-refractivity contribution in [2.75, 3.05) is 0 Å². The van der Waals surface area contributed by atoms with Crippen LogP contribution in [-0.2, 0) is 15.6 Å². The first-order valence-electron chi connectivity index (χ1n) is 11.2. The van der Waals surface area contributed by atoms with Crippen molar-refractivity contribution in [2.45, 2.75) is 34.6 Å². The normalized spacial score (nSPS) is 12.9. The van der Waals surface area contributed by atoms with Crippen LogP contribution >= 0.6 is 0 Å². The Kier molecular flexibility index (Phi) is 7.84. The fraction of sp³-hybridized carbons (Fsp3) is 0.172. The number of rotatable bonds is 7. The Balaban J connectivity index is 2.58. The van der Waals surface area contributed by atoms with Gasteiger partial charge in [0.25, 0.3) is 0 Å². The minimum atomic E-state index is -5.74. The van der Waals surface area contributed by atoms with Gasteiger partial charge in [-0.2, -0.15) is 0 Å². The molecule has 34 heavy (non-hydrogen) atoms. The van der Waals surface area contributed by atoms with Crippen LogP contribution < -0.4 is 10.5 Å². The molecular formula is C29H31O4Sb. The van der Waals surface area contributed by atoms with Gasteiger partial charge in [0.15, 0.2) is 0 Å². The molecule has 0 aliphatic carbocycles. The van der Waals surface area contributed by atoms with Crippen molar-refractivity contribution in [3.8, 4) is 0 Å². The van der Waals surface area contributed by atoms with E-state index in [9.17, 15) is 9.59 Å². The molecule has 0 spiro atoms. The third kappa shape index (κ3) is 4.74. The molecule has 3 aromatic rings. The van der Waals surface area contributed by atoms with E-state index in [1.165, 1.54) is 12.2 Å². The number of hydrogen-bond donors (Lipinski definition) is 0. The van der Waals surface area contributed by atoms with E-state index < -0.39 is 30.2 Å². The third-order valence-corrected chi connectivity index (χ3v) is 19.2. The summed E-state index contributed by atoms with van der Waals surface area (Å²) in [5, 5.41) is 0. The van der Waals surface area contributed by atoms with Crippen molar-refractivity contribution < 1.29 is 15.6 Å². The molecule has 3 rings (SSSR count). The zero-order valence-electron chi connectivity index (χ0n) is 20.3.